The molecule has 1 aliphatic rings. The van der Waals surface area contributed by atoms with E-state index in [1.54, 1.807) is 29.8 Å². The lowest BCUT2D eigenvalue weighted by molar-refractivity contribution is -0.128. The quantitative estimate of drug-likeness (QED) is 0.412. The van der Waals surface area contributed by atoms with Crippen LogP contribution in [0, 0.1) is 0 Å². The Morgan fingerprint density at radius 3 is 2.72 bits per heavy atom. The Labute approximate surface area is 200 Å². The van der Waals surface area contributed by atoms with Gasteiger partial charge >= 0.3 is 0 Å². The van der Waals surface area contributed by atoms with Crippen molar-refractivity contribution in [3.63, 3.8) is 0 Å². The summed E-state index contributed by atoms with van der Waals surface area (Å²) in [5.74, 6) is 2.81. The SMILES string of the molecule is O=C(NCCSCc1ccccc1Cl)c1ccc([C@H]2SCC(=O)N2Cc2ccco2)cc1. The number of hydrogen-bond acceptors (Lipinski definition) is 5. The first kappa shape index (κ1) is 22.8. The molecule has 1 aliphatic heterocycles. The Kier molecular flexibility index (Phi) is 7.84. The Morgan fingerprint density at radius 1 is 1.16 bits per heavy atom. The van der Waals surface area contributed by atoms with Crippen molar-refractivity contribution in [1.29, 1.82) is 0 Å². The van der Waals surface area contributed by atoms with Crippen molar-refractivity contribution in [3.05, 3.63) is 94.4 Å². The molecular weight excluding hydrogens is 464 g/mol. The van der Waals surface area contributed by atoms with Crippen LogP contribution in [0.3, 0.4) is 0 Å². The van der Waals surface area contributed by atoms with Crippen molar-refractivity contribution in [2.75, 3.05) is 18.1 Å². The van der Waals surface area contributed by atoms with Gasteiger partial charge in [0.2, 0.25) is 5.91 Å². The van der Waals surface area contributed by atoms with Crippen LogP contribution < -0.4 is 5.32 Å². The number of nitrogens with zero attached hydrogens (tertiary/aromatic N) is 1. The monoisotopic (exact) mass is 486 g/mol. The number of amides is 2. The van der Waals surface area contributed by atoms with Crippen molar-refractivity contribution in [2.24, 2.45) is 0 Å². The van der Waals surface area contributed by atoms with E-state index < -0.39 is 0 Å². The molecule has 0 saturated carbocycles. The standard InChI is InChI=1S/C24H23ClN2O3S2/c25-21-6-2-1-4-19(21)15-31-13-11-26-23(29)17-7-9-18(10-8-17)24-27(22(28)16-32-24)14-20-5-3-12-30-20/h1-10,12,24H,11,13-16H2,(H,26,29)/t24-/m1/s1. The summed E-state index contributed by atoms with van der Waals surface area (Å²) < 4.78 is 5.40. The molecule has 0 bridgehead atoms. The fraction of sp³-hybridized carbons (Fsp3) is 0.250. The summed E-state index contributed by atoms with van der Waals surface area (Å²) in [5.41, 5.74) is 2.71. The van der Waals surface area contributed by atoms with Crippen LogP contribution in [-0.2, 0) is 17.1 Å². The zero-order chi connectivity index (χ0) is 22.3. The summed E-state index contributed by atoms with van der Waals surface area (Å²) in [7, 11) is 0. The molecule has 0 unspecified atom stereocenters. The number of halogens is 1. The zero-order valence-electron chi connectivity index (χ0n) is 17.3. The van der Waals surface area contributed by atoms with Crippen LogP contribution >= 0.6 is 35.1 Å². The molecule has 1 saturated heterocycles. The van der Waals surface area contributed by atoms with Gasteiger partial charge in [0.25, 0.3) is 5.91 Å². The van der Waals surface area contributed by atoms with Crippen molar-refractivity contribution in [3.8, 4) is 0 Å². The van der Waals surface area contributed by atoms with Crippen LogP contribution in [0.15, 0.2) is 71.3 Å². The molecule has 3 aromatic rings. The summed E-state index contributed by atoms with van der Waals surface area (Å²) in [4.78, 5) is 26.6. The molecule has 1 aromatic heterocycles. The number of rotatable bonds is 9. The molecule has 2 heterocycles. The number of carbonyl (C=O) groups excluding carboxylic acids is 2. The molecule has 0 spiro atoms. The Balaban J connectivity index is 1.27. The maximum Gasteiger partial charge on any atom is 0.251 e. The van der Waals surface area contributed by atoms with Gasteiger partial charge in [-0.15, -0.1) is 11.8 Å². The number of carbonyl (C=O) groups is 2. The lowest BCUT2D eigenvalue weighted by Crippen LogP contribution is -2.28. The first-order chi connectivity index (χ1) is 15.6. The number of nitrogens with one attached hydrogen (secondary N) is 1. The highest BCUT2D eigenvalue weighted by Crippen LogP contribution is 2.39. The second-order valence-corrected chi connectivity index (χ2v) is 9.87. The van der Waals surface area contributed by atoms with Crippen molar-refractivity contribution < 1.29 is 14.0 Å². The van der Waals surface area contributed by atoms with Crippen LogP contribution in [0.25, 0.3) is 0 Å². The van der Waals surface area contributed by atoms with E-state index in [2.05, 4.69) is 5.32 Å². The van der Waals surface area contributed by atoms with Crippen molar-refractivity contribution >= 4 is 46.9 Å². The zero-order valence-corrected chi connectivity index (χ0v) is 19.7. The molecule has 0 radical (unpaired) electrons. The van der Waals surface area contributed by atoms with Gasteiger partial charge in [-0.05, 0) is 41.5 Å². The number of benzene rings is 2. The average molecular weight is 487 g/mol. The predicted octanol–water partition coefficient (Wildman–Crippen LogP) is 5.37. The minimum atomic E-state index is -0.0995. The number of hydrogen-bond donors (Lipinski definition) is 1. The minimum Gasteiger partial charge on any atom is -0.467 e. The van der Waals surface area contributed by atoms with Crippen LogP contribution in [0.1, 0.15) is 32.6 Å². The number of furan rings is 1. The third-order valence-corrected chi connectivity index (χ3v) is 7.71. The molecule has 2 aromatic carbocycles. The van der Waals surface area contributed by atoms with Crippen LogP contribution in [0.4, 0.5) is 0 Å². The molecule has 1 fully saturated rings. The van der Waals surface area contributed by atoms with Crippen LogP contribution in [-0.4, -0.2) is 34.8 Å². The van der Waals surface area contributed by atoms with E-state index in [9.17, 15) is 9.59 Å². The highest BCUT2D eigenvalue weighted by Gasteiger charge is 2.33. The van der Waals surface area contributed by atoms with Gasteiger partial charge in [-0.1, -0.05) is 41.9 Å². The molecule has 2 amide bonds. The molecule has 1 atom stereocenters. The number of thioether (sulfide) groups is 2. The summed E-state index contributed by atoms with van der Waals surface area (Å²) in [6.07, 6.45) is 1.61. The molecule has 0 aliphatic carbocycles. The third-order valence-electron chi connectivity index (χ3n) is 5.08. The van der Waals surface area contributed by atoms with Crippen LogP contribution in [0.2, 0.25) is 5.02 Å². The lowest BCUT2D eigenvalue weighted by Gasteiger charge is -2.23. The summed E-state index contributed by atoms with van der Waals surface area (Å²) in [6, 6.07) is 19.0. The molecule has 32 heavy (non-hydrogen) atoms. The van der Waals surface area contributed by atoms with Gasteiger partial charge in [-0.2, -0.15) is 11.8 Å². The van der Waals surface area contributed by atoms with E-state index in [4.69, 9.17) is 16.0 Å². The first-order valence-corrected chi connectivity index (χ1v) is 12.8. The molecule has 8 heteroatoms. The molecule has 166 valence electrons. The maximum absolute atomic E-state index is 12.5. The highest BCUT2D eigenvalue weighted by atomic mass is 35.5. The fourth-order valence-electron chi connectivity index (χ4n) is 3.41. The lowest BCUT2D eigenvalue weighted by atomic mass is 10.1. The van der Waals surface area contributed by atoms with Gasteiger partial charge in [0.05, 0.1) is 18.6 Å². The average Bonchev–Trinajstić information content (AvgIpc) is 3.45. The maximum atomic E-state index is 12.5. The Bertz CT molecular complexity index is 1060. The topological polar surface area (TPSA) is 62.6 Å². The fourth-order valence-corrected chi connectivity index (χ4v) is 5.74. The predicted molar refractivity (Wildman–Crippen MR) is 131 cm³/mol. The Hall–Kier alpha value is -2.35. The summed E-state index contributed by atoms with van der Waals surface area (Å²) >= 11 is 9.49. The second-order valence-electron chi connectivity index (χ2n) is 7.29. The highest BCUT2D eigenvalue weighted by molar-refractivity contribution is 8.00. The smallest absolute Gasteiger partial charge is 0.251 e. The molecule has 1 N–H and O–H groups in total. The largest absolute Gasteiger partial charge is 0.467 e. The van der Waals surface area contributed by atoms with E-state index in [0.717, 1.165) is 33.4 Å². The molecule has 4 rings (SSSR count). The van der Waals surface area contributed by atoms with Gasteiger partial charge in [0.15, 0.2) is 0 Å². The summed E-state index contributed by atoms with van der Waals surface area (Å²) in [6.45, 7) is 1.03. The Morgan fingerprint density at radius 2 is 1.97 bits per heavy atom. The van der Waals surface area contributed by atoms with E-state index in [1.807, 2.05) is 65.6 Å². The first-order valence-electron chi connectivity index (χ1n) is 10.2. The minimum absolute atomic E-state index is 0.0779. The van der Waals surface area contributed by atoms with Gasteiger partial charge in [0.1, 0.15) is 11.1 Å². The van der Waals surface area contributed by atoms with E-state index >= 15 is 0 Å². The van der Waals surface area contributed by atoms with Gasteiger partial charge < -0.3 is 14.6 Å². The molecular formula is C24H23ClN2O3S2. The third kappa shape index (κ3) is 5.71. The van der Waals surface area contributed by atoms with Crippen molar-refractivity contribution in [2.45, 2.75) is 17.7 Å². The van der Waals surface area contributed by atoms with E-state index in [1.165, 1.54) is 0 Å². The van der Waals surface area contributed by atoms with Crippen molar-refractivity contribution in [1.82, 2.24) is 10.2 Å². The normalized spacial score (nSPS) is 15.8. The van der Waals surface area contributed by atoms with E-state index in [-0.39, 0.29) is 17.2 Å². The summed E-state index contributed by atoms with van der Waals surface area (Å²) in [5, 5.41) is 3.65. The van der Waals surface area contributed by atoms with Gasteiger partial charge in [-0.3, -0.25) is 9.59 Å². The second kappa shape index (κ2) is 11.0. The van der Waals surface area contributed by atoms with Crippen LogP contribution in [0.5, 0.6) is 0 Å². The van der Waals surface area contributed by atoms with Gasteiger partial charge in [0, 0.05) is 28.6 Å². The van der Waals surface area contributed by atoms with E-state index in [0.29, 0.717) is 24.4 Å². The van der Waals surface area contributed by atoms with Gasteiger partial charge in [-0.25, -0.2) is 0 Å². The molecule has 5 nitrogen and oxygen atoms in total.